The van der Waals surface area contributed by atoms with Crippen LogP contribution in [0.2, 0.25) is 0 Å². The van der Waals surface area contributed by atoms with Gasteiger partial charge in [0.1, 0.15) is 5.82 Å². The molecule has 0 saturated carbocycles. The summed E-state index contributed by atoms with van der Waals surface area (Å²) in [4.78, 5) is 24.2. The molecule has 3 aromatic rings. The fourth-order valence-corrected chi connectivity index (χ4v) is 3.29. The summed E-state index contributed by atoms with van der Waals surface area (Å²) < 4.78 is 3.20. The molecule has 1 N–H and O–H groups in total. The molecule has 2 aromatic carbocycles. The van der Waals surface area contributed by atoms with E-state index in [-0.39, 0.29) is 17.2 Å². The van der Waals surface area contributed by atoms with E-state index in [1.165, 1.54) is 4.68 Å². The Balaban J connectivity index is 1.91. The van der Waals surface area contributed by atoms with Crippen LogP contribution in [0.5, 0.6) is 0 Å². The molecule has 1 aromatic heterocycles. The van der Waals surface area contributed by atoms with Crippen molar-refractivity contribution in [3.63, 3.8) is 0 Å². The predicted molar refractivity (Wildman–Crippen MR) is 113 cm³/mol. The number of carboxylic acids is 1. The van der Waals surface area contributed by atoms with Crippen molar-refractivity contribution < 1.29 is 9.90 Å². The van der Waals surface area contributed by atoms with Gasteiger partial charge in [-0.1, -0.05) is 62.4 Å². The number of carbonyl (C=O) groups is 1. The average Bonchev–Trinajstić information content (AvgIpc) is 3.03. The van der Waals surface area contributed by atoms with Crippen LogP contribution in [0, 0.1) is 0 Å². The molecule has 29 heavy (non-hydrogen) atoms. The minimum absolute atomic E-state index is 0.120. The van der Waals surface area contributed by atoms with Gasteiger partial charge in [0.25, 0.3) is 0 Å². The molecular formula is C23H25N3O3. The van der Waals surface area contributed by atoms with Gasteiger partial charge in [-0.05, 0) is 29.2 Å². The van der Waals surface area contributed by atoms with Gasteiger partial charge >= 0.3 is 11.7 Å². The zero-order chi connectivity index (χ0) is 21.0. The molecule has 0 amide bonds. The van der Waals surface area contributed by atoms with E-state index < -0.39 is 5.97 Å². The topological polar surface area (TPSA) is 77.1 Å². The smallest absolute Gasteiger partial charge is 0.346 e. The van der Waals surface area contributed by atoms with E-state index in [1.807, 2.05) is 44.2 Å². The largest absolute Gasteiger partial charge is 0.478 e. The maximum absolute atomic E-state index is 12.8. The van der Waals surface area contributed by atoms with Crippen LogP contribution in [0.25, 0.3) is 11.1 Å². The molecule has 6 heteroatoms. The van der Waals surface area contributed by atoms with Crippen LogP contribution in [0.4, 0.5) is 0 Å². The molecule has 0 aliphatic rings. The molecule has 0 aliphatic carbocycles. The van der Waals surface area contributed by atoms with Gasteiger partial charge in [0.2, 0.25) is 0 Å². The van der Waals surface area contributed by atoms with Gasteiger partial charge in [-0.3, -0.25) is 4.57 Å². The zero-order valence-corrected chi connectivity index (χ0v) is 16.7. The SMILES string of the molecule is C=CCCn1nc(C(C)C)n(Cc2ccc(-c3ccccc3C(=O)O)cc2)c1=O. The first kappa shape index (κ1) is 20.3. The second kappa shape index (κ2) is 8.73. The quantitative estimate of drug-likeness (QED) is 0.585. The van der Waals surface area contributed by atoms with Crippen LogP contribution < -0.4 is 5.69 Å². The number of allylic oxidation sites excluding steroid dienone is 1. The molecule has 0 spiro atoms. The number of hydrogen-bond acceptors (Lipinski definition) is 3. The summed E-state index contributed by atoms with van der Waals surface area (Å²) in [6, 6.07) is 14.5. The summed E-state index contributed by atoms with van der Waals surface area (Å²) in [5.74, 6) is -0.0847. The third-order valence-corrected chi connectivity index (χ3v) is 4.78. The van der Waals surface area contributed by atoms with Crippen molar-refractivity contribution >= 4 is 5.97 Å². The number of aryl methyl sites for hydroxylation is 1. The summed E-state index contributed by atoms with van der Waals surface area (Å²) in [6.45, 7) is 8.66. The van der Waals surface area contributed by atoms with Crippen molar-refractivity contribution in [1.29, 1.82) is 0 Å². The molecule has 0 fully saturated rings. The molecule has 0 atom stereocenters. The Bertz CT molecular complexity index is 1080. The number of benzene rings is 2. The zero-order valence-electron chi connectivity index (χ0n) is 16.7. The monoisotopic (exact) mass is 391 g/mol. The van der Waals surface area contributed by atoms with Crippen LogP contribution in [0.3, 0.4) is 0 Å². The Morgan fingerprint density at radius 2 is 1.86 bits per heavy atom. The van der Waals surface area contributed by atoms with Crippen molar-refractivity contribution in [2.45, 2.75) is 39.3 Å². The molecule has 0 bridgehead atoms. The third-order valence-electron chi connectivity index (χ3n) is 4.78. The lowest BCUT2D eigenvalue weighted by molar-refractivity contribution is 0.0697. The normalized spacial score (nSPS) is 11.0. The van der Waals surface area contributed by atoms with Crippen LogP contribution in [0.1, 0.15) is 47.9 Å². The Labute approximate surface area is 169 Å². The fourth-order valence-electron chi connectivity index (χ4n) is 3.29. The highest BCUT2D eigenvalue weighted by Crippen LogP contribution is 2.24. The van der Waals surface area contributed by atoms with E-state index in [0.717, 1.165) is 17.0 Å². The fraction of sp³-hybridized carbons (Fsp3) is 0.261. The van der Waals surface area contributed by atoms with Gasteiger partial charge in [-0.25, -0.2) is 14.3 Å². The van der Waals surface area contributed by atoms with E-state index in [2.05, 4.69) is 11.7 Å². The highest BCUT2D eigenvalue weighted by atomic mass is 16.4. The van der Waals surface area contributed by atoms with Crippen LogP contribution >= 0.6 is 0 Å². The highest BCUT2D eigenvalue weighted by Gasteiger charge is 2.16. The predicted octanol–water partition coefficient (Wildman–Crippen LogP) is 4.16. The number of carboxylic acid groups (broad SMARTS) is 1. The number of rotatable bonds is 8. The van der Waals surface area contributed by atoms with E-state index in [1.54, 1.807) is 28.8 Å². The average molecular weight is 391 g/mol. The Morgan fingerprint density at radius 3 is 2.48 bits per heavy atom. The molecular weight excluding hydrogens is 366 g/mol. The lowest BCUT2D eigenvalue weighted by Crippen LogP contribution is -2.26. The van der Waals surface area contributed by atoms with E-state index in [4.69, 9.17) is 0 Å². The number of hydrogen-bond donors (Lipinski definition) is 1. The summed E-state index contributed by atoms with van der Waals surface area (Å²) in [6.07, 6.45) is 2.46. The Kier molecular flexibility index (Phi) is 6.12. The molecule has 1 heterocycles. The Morgan fingerprint density at radius 1 is 1.17 bits per heavy atom. The molecule has 0 aliphatic heterocycles. The first-order valence-electron chi connectivity index (χ1n) is 9.62. The minimum atomic E-state index is -0.954. The van der Waals surface area contributed by atoms with Gasteiger partial charge in [0.05, 0.1) is 12.1 Å². The molecule has 3 rings (SSSR count). The molecule has 0 unspecified atom stereocenters. The summed E-state index contributed by atoms with van der Waals surface area (Å²) in [5.41, 5.74) is 2.58. The van der Waals surface area contributed by atoms with Crippen molar-refractivity contribution in [2.24, 2.45) is 0 Å². The summed E-state index contributed by atoms with van der Waals surface area (Å²) in [7, 11) is 0. The highest BCUT2D eigenvalue weighted by molar-refractivity contribution is 5.95. The summed E-state index contributed by atoms with van der Waals surface area (Å²) in [5, 5.41) is 13.9. The molecule has 6 nitrogen and oxygen atoms in total. The molecule has 0 radical (unpaired) electrons. The maximum Gasteiger partial charge on any atom is 0.346 e. The first-order valence-corrected chi connectivity index (χ1v) is 9.62. The van der Waals surface area contributed by atoms with Crippen molar-refractivity contribution in [1.82, 2.24) is 14.3 Å². The van der Waals surface area contributed by atoms with Gasteiger partial charge in [-0.15, -0.1) is 6.58 Å². The summed E-state index contributed by atoms with van der Waals surface area (Å²) >= 11 is 0. The minimum Gasteiger partial charge on any atom is -0.478 e. The number of nitrogens with zero attached hydrogens (tertiary/aromatic N) is 3. The third kappa shape index (κ3) is 4.37. The van der Waals surface area contributed by atoms with Crippen LogP contribution in [-0.2, 0) is 13.1 Å². The standard InChI is InChI=1S/C23H25N3O3/c1-4-5-14-26-23(29)25(21(24-26)16(2)3)15-17-10-12-18(13-11-17)19-8-6-7-9-20(19)22(27)28/h4,6-13,16H,1,5,14-15H2,2-3H3,(H,27,28). The van der Waals surface area contributed by atoms with Crippen LogP contribution in [-0.4, -0.2) is 25.4 Å². The van der Waals surface area contributed by atoms with E-state index in [0.29, 0.717) is 25.1 Å². The van der Waals surface area contributed by atoms with Crippen molar-refractivity contribution in [3.05, 3.63) is 88.6 Å². The lowest BCUT2D eigenvalue weighted by Gasteiger charge is -2.10. The van der Waals surface area contributed by atoms with E-state index in [9.17, 15) is 14.7 Å². The molecule has 0 saturated heterocycles. The van der Waals surface area contributed by atoms with E-state index >= 15 is 0 Å². The number of aromatic carboxylic acids is 1. The maximum atomic E-state index is 12.8. The number of aromatic nitrogens is 3. The van der Waals surface area contributed by atoms with Crippen molar-refractivity contribution in [3.8, 4) is 11.1 Å². The van der Waals surface area contributed by atoms with Gasteiger partial charge in [0, 0.05) is 12.5 Å². The second-order valence-corrected chi connectivity index (χ2v) is 7.23. The first-order chi connectivity index (χ1) is 13.9. The lowest BCUT2D eigenvalue weighted by atomic mass is 9.99. The second-order valence-electron chi connectivity index (χ2n) is 7.23. The van der Waals surface area contributed by atoms with Crippen LogP contribution in [0.15, 0.2) is 66.0 Å². The van der Waals surface area contributed by atoms with Gasteiger partial charge < -0.3 is 5.11 Å². The van der Waals surface area contributed by atoms with Gasteiger partial charge in [-0.2, -0.15) is 5.10 Å². The molecule has 150 valence electrons. The Hall–Kier alpha value is -3.41. The van der Waals surface area contributed by atoms with Gasteiger partial charge in [0.15, 0.2) is 0 Å². The van der Waals surface area contributed by atoms with Crippen molar-refractivity contribution in [2.75, 3.05) is 0 Å².